The Morgan fingerprint density at radius 2 is 1.95 bits per heavy atom. The number of nitrogens with one attached hydrogen (secondary N) is 2. The zero-order valence-corrected chi connectivity index (χ0v) is 23.1. The SMILES string of the molecule is CC(C)(C)c1cc(NC(=O)NC2=NN3C=C(C#Cc4ccc(OCCCN5CCOCC5)cc4)C=NC3C2)no1. The van der Waals surface area contributed by atoms with Crippen LogP contribution in [0.5, 0.6) is 5.75 Å². The van der Waals surface area contributed by atoms with E-state index in [1.165, 1.54) is 0 Å². The summed E-state index contributed by atoms with van der Waals surface area (Å²) in [6, 6.07) is 9.04. The summed E-state index contributed by atoms with van der Waals surface area (Å²) in [5.74, 6) is 8.67. The Morgan fingerprint density at radius 1 is 1.15 bits per heavy atom. The van der Waals surface area contributed by atoms with Crippen LogP contribution in [-0.4, -0.2) is 78.8 Å². The second-order valence-corrected chi connectivity index (χ2v) is 10.8. The van der Waals surface area contributed by atoms with Crippen LogP contribution in [0.4, 0.5) is 10.6 Å². The molecule has 0 saturated carbocycles. The smallest absolute Gasteiger partial charge is 0.325 e. The van der Waals surface area contributed by atoms with Crippen molar-refractivity contribution in [2.24, 2.45) is 10.1 Å². The molecule has 1 saturated heterocycles. The van der Waals surface area contributed by atoms with Gasteiger partial charge in [0.1, 0.15) is 23.5 Å². The molecule has 40 heavy (non-hydrogen) atoms. The fourth-order valence-electron chi connectivity index (χ4n) is 4.28. The first-order chi connectivity index (χ1) is 19.3. The van der Waals surface area contributed by atoms with Gasteiger partial charge in [0, 0.05) is 49.1 Å². The molecule has 2 aromatic rings. The molecule has 1 aromatic carbocycles. The Kier molecular flexibility index (Phi) is 8.48. The van der Waals surface area contributed by atoms with Gasteiger partial charge in [-0.25, -0.2) is 9.80 Å². The third-order valence-electron chi connectivity index (χ3n) is 6.52. The van der Waals surface area contributed by atoms with Crippen molar-refractivity contribution in [3.8, 4) is 17.6 Å². The minimum absolute atomic E-state index is 0.200. The number of carbonyl (C=O) groups excluding carboxylic acids is 1. The standard InChI is InChI=1S/C29H35N7O4/c1-29(2,3)24-17-26(34-40-24)32-28(37)31-25-18-27-30-19-22(20-36(27)33-25)6-5-21-7-9-23(10-8-21)39-14-4-11-35-12-15-38-16-13-35/h7-10,17,19-20,27H,4,11-16,18H2,1-3H3,(H2,31,32,33,34,37). The molecule has 1 aromatic heterocycles. The molecule has 1 atom stereocenters. The van der Waals surface area contributed by atoms with E-state index >= 15 is 0 Å². The van der Waals surface area contributed by atoms with Gasteiger partial charge < -0.3 is 14.0 Å². The molecular weight excluding hydrogens is 510 g/mol. The summed E-state index contributed by atoms with van der Waals surface area (Å²) in [5, 5.41) is 15.5. The third kappa shape index (κ3) is 7.49. The number of amides is 2. The maximum absolute atomic E-state index is 12.4. The lowest BCUT2D eigenvalue weighted by Crippen LogP contribution is -2.37. The number of aromatic nitrogens is 1. The number of carbonyl (C=O) groups is 1. The van der Waals surface area contributed by atoms with E-state index in [0.29, 0.717) is 30.4 Å². The predicted molar refractivity (Wildman–Crippen MR) is 152 cm³/mol. The highest BCUT2D eigenvalue weighted by Gasteiger charge is 2.28. The lowest BCUT2D eigenvalue weighted by Gasteiger charge is -2.26. The average Bonchev–Trinajstić information content (AvgIpc) is 3.57. The van der Waals surface area contributed by atoms with E-state index in [1.54, 1.807) is 17.3 Å². The van der Waals surface area contributed by atoms with E-state index in [9.17, 15) is 4.79 Å². The molecule has 0 aliphatic carbocycles. The summed E-state index contributed by atoms with van der Waals surface area (Å²) in [6.07, 6.45) is 4.82. The van der Waals surface area contributed by atoms with Crippen molar-refractivity contribution >= 4 is 23.9 Å². The van der Waals surface area contributed by atoms with Crippen molar-refractivity contribution in [1.29, 1.82) is 0 Å². The Labute approximate surface area is 234 Å². The number of hydrazone groups is 1. The van der Waals surface area contributed by atoms with Gasteiger partial charge in [-0.15, -0.1) is 0 Å². The minimum Gasteiger partial charge on any atom is -0.494 e. The molecule has 2 N–H and O–H groups in total. The van der Waals surface area contributed by atoms with Gasteiger partial charge in [0.25, 0.3) is 0 Å². The molecule has 5 rings (SSSR count). The average molecular weight is 546 g/mol. The zero-order chi connectivity index (χ0) is 28.0. The van der Waals surface area contributed by atoms with Gasteiger partial charge in [-0.05, 0) is 30.7 Å². The van der Waals surface area contributed by atoms with E-state index in [0.717, 1.165) is 56.2 Å². The molecule has 2 amide bonds. The number of fused-ring (bicyclic) bond motifs is 1. The lowest BCUT2D eigenvalue weighted by atomic mass is 9.93. The highest BCUT2D eigenvalue weighted by atomic mass is 16.5. The summed E-state index contributed by atoms with van der Waals surface area (Å²) in [7, 11) is 0. The van der Waals surface area contributed by atoms with Crippen LogP contribution in [0, 0.1) is 11.8 Å². The van der Waals surface area contributed by atoms with E-state index in [4.69, 9.17) is 14.0 Å². The van der Waals surface area contributed by atoms with Crippen molar-refractivity contribution in [1.82, 2.24) is 20.4 Å². The van der Waals surface area contributed by atoms with Crippen LogP contribution in [0.25, 0.3) is 0 Å². The number of morpholine rings is 1. The topological polar surface area (TPSA) is 117 Å². The first-order valence-electron chi connectivity index (χ1n) is 13.5. The molecule has 4 heterocycles. The van der Waals surface area contributed by atoms with E-state index in [1.807, 2.05) is 51.2 Å². The first-order valence-corrected chi connectivity index (χ1v) is 13.5. The van der Waals surface area contributed by atoms with Crippen molar-refractivity contribution < 1.29 is 18.8 Å². The molecular formula is C29H35N7O4. The maximum atomic E-state index is 12.4. The number of benzene rings is 1. The van der Waals surface area contributed by atoms with Gasteiger partial charge in [-0.1, -0.05) is 37.8 Å². The molecule has 210 valence electrons. The number of hydrogen-bond acceptors (Lipinski definition) is 9. The Morgan fingerprint density at radius 3 is 2.70 bits per heavy atom. The van der Waals surface area contributed by atoms with Crippen molar-refractivity contribution in [3.63, 3.8) is 0 Å². The quantitative estimate of drug-likeness (QED) is 0.421. The molecule has 1 fully saturated rings. The van der Waals surface area contributed by atoms with E-state index in [2.05, 4.69) is 42.6 Å². The molecule has 3 aliphatic rings. The summed E-state index contributed by atoms with van der Waals surface area (Å²) in [5.41, 5.74) is 1.41. The molecule has 0 bridgehead atoms. The molecule has 3 aliphatic heterocycles. The number of hydrogen-bond donors (Lipinski definition) is 2. The largest absolute Gasteiger partial charge is 0.494 e. The minimum atomic E-state index is -0.440. The maximum Gasteiger partial charge on any atom is 0.325 e. The molecule has 11 nitrogen and oxygen atoms in total. The van der Waals surface area contributed by atoms with Crippen LogP contribution in [0.15, 0.2) is 56.7 Å². The predicted octanol–water partition coefficient (Wildman–Crippen LogP) is 3.56. The number of urea groups is 1. The fraction of sp³-hybridized carbons (Fsp3) is 0.448. The van der Waals surface area contributed by atoms with Gasteiger partial charge >= 0.3 is 6.03 Å². The van der Waals surface area contributed by atoms with Crippen molar-refractivity contribution in [2.75, 3.05) is 44.8 Å². The number of nitrogens with zero attached hydrogens (tertiary/aromatic N) is 5. The number of amidine groups is 1. The van der Waals surface area contributed by atoms with Crippen molar-refractivity contribution in [2.45, 2.75) is 45.2 Å². The Hall–Kier alpha value is -4.14. The molecule has 11 heteroatoms. The van der Waals surface area contributed by atoms with Crippen LogP contribution >= 0.6 is 0 Å². The summed E-state index contributed by atoms with van der Waals surface area (Å²) >= 11 is 0. The fourth-order valence-corrected chi connectivity index (χ4v) is 4.28. The number of ether oxygens (including phenoxy) is 2. The summed E-state index contributed by atoms with van der Waals surface area (Å²) in [4.78, 5) is 19.4. The summed E-state index contributed by atoms with van der Waals surface area (Å²) in [6.45, 7) is 11.4. The van der Waals surface area contributed by atoms with Gasteiger partial charge in [0.05, 0.1) is 31.8 Å². The van der Waals surface area contributed by atoms with Crippen LogP contribution in [-0.2, 0) is 10.2 Å². The van der Waals surface area contributed by atoms with E-state index < -0.39 is 6.03 Å². The van der Waals surface area contributed by atoms with Gasteiger partial charge in [-0.2, -0.15) is 5.10 Å². The first kappa shape index (κ1) is 27.4. The number of rotatable bonds is 6. The highest BCUT2D eigenvalue weighted by molar-refractivity contribution is 6.03. The molecule has 0 radical (unpaired) electrons. The molecule has 1 unspecified atom stereocenters. The Bertz CT molecular complexity index is 1340. The molecule has 0 spiro atoms. The van der Waals surface area contributed by atoms with Crippen LogP contribution in [0.2, 0.25) is 0 Å². The number of aliphatic imine (C=N–C) groups is 1. The van der Waals surface area contributed by atoms with Crippen LogP contribution < -0.4 is 15.4 Å². The van der Waals surface area contributed by atoms with Crippen LogP contribution in [0.1, 0.15) is 44.9 Å². The number of anilines is 1. The van der Waals surface area contributed by atoms with Crippen LogP contribution in [0.3, 0.4) is 0 Å². The highest BCUT2D eigenvalue weighted by Crippen LogP contribution is 2.24. The monoisotopic (exact) mass is 545 g/mol. The normalized spacial score (nSPS) is 18.8. The summed E-state index contributed by atoms with van der Waals surface area (Å²) < 4.78 is 16.6. The zero-order valence-electron chi connectivity index (χ0n) is 23.1. The number of allylic oxidation sites excluding steroid dienone is 1. The van der Waals surface area contributed by atoms with Gasteiger partial charge in [-0.3, -0.25) is 20.5 Å². The second-order valence-electron chi connectivity index (χ2n) is 10.8. The van der Waals surface area contributed by atoms with Crippen molar-refractivity contribution in [3.05, 3.63) is 53.4 Å². The lowest BCUT2D eigenvalue weighted by molar-refractivity contribution is 0.0358. The van der Waals surface area contributed by atoms with E-state index in [-0.39, 0.29) is 11.6 Å². The second kappa shape index (κ2) is 12.4. The van der Waals surface area contributed by atoms with Gasteiger partial charge in [0.15, 0.2) is 5.82 Å². The third-order valence-corrected chi connectivity index (χ3v) is 6.52. The van der Waals surface area contributed by atoms with Gasteiger partial charge in [0.2, 0.25) is 0 Å². The Balaban J connectivity index is 1.09.